The first-order valence-corrected chi connectivity index (χ1v) is 11.6. The number of aliphatic imine (C=N–C) groups is 1. The molecule has 3 N–H and O–H groups in total. The zero-order valence-corrected chi connectivity index (χ0v) is 19.0. The molecule has 2 aliphatic heterocycles. The summed E-state index contributed by atoms with van der Waals surface area (Å²) < 4.78 is 20.4. The van der Waals surface area contributed by atoms with Crippen molar-refractivity contribution in [3.63, 3.8) is 0 Å². The van der Waals surface area contributed by atoms with Crippen LogP contribution in [0.25, 0.3) is 0 Å². The minimum atomic E-state index is -0.180. The fourth-order valence-corrected chi connectivity index (χ4v) is 4.31. The van der Waals surface area contributed by atoms with Crippen LogP contribution in [0.5, 0.6) is 0 Å². The first-order chi connectivity index (χ1) is 15.1. The Morgan fingerprint density at radius 2 is 2.03 bits per heavy atom. The molecule has 2 heterocycles. The van der Waals surface area contributed by atoms with E-state index in [4.69, 9.17) is 4.74 Å². The van der Waals surface area contributed by atoms with Crippen molar-refractivity contribution in [1.82, 2.24) is 15.5 Å². The van der Waals surface area contributed by atoms with Crippen molar-refractivity contribution in [3.05, 3.63) is 29.6 Å². The van der Waals surface area contributed by atoms with Gasteiger partial charge in [-0.3, -0.25) is 0 Å². The molecular weight excluding hydrogens is 397 g/mol. The van der Waals surface area contributed by atoms with Crippen molar-refractivity contribution in [2.24, 2.45) is 10.4 Å². The van der Waals surface area contributed by atoms with Crippen LogP contribution < -0.4 is 15.5 Å². The molecule has 8 heteroatoms. The average Bonchev–Trinajstić information content (AvgIpc) is 3.25. The number of nitrogens with zero attached hydrogens (tertiary/aromatic N) is 3. The molecule has 0 radical (unpaired) electrons. The summed E-state index contributed by atoms with van der Waals surface area (Å²) in [7, 11) is 0. The number of likely N-dealkylation sites (N-methyl/N-ethyl adjacent to an activating group) is 1. The number of halogens is 1. The number of ether oxygens (including phenoxy) is 1. The number of benzene rings is 1. The summed E-state index contributed by atoms with van der Waals surface area (Å²) in [4.78, 5) is 9.16. The summed E-state index contributed by atoms with van der Waals surface area (Å²) in [6, 6.07) is 5.46. The molecule has 0 aliphatic carbocycles. The second-order valence-electron chi connectivity index (χ2n) is 8.53. The Morgan fingerprint density at radius 1 is 1.23 bits per heavy atom. The molecule has 2 fully saturated rings. The Labute approximate surface area is 185 Å². The largest absolute Gasteiger partial charge is 0.396 e. The van der Waals surface area contributed by atoms with Crippen LogP contribution in [0.1, 0.15) is 32.3 Å². The molecule has 3 rings (SSSR count). The highest BCUT2D eigenvalue weighted by atomic mass is 19.1. The van der Waals surface area contributed by atoms with Crippen molar-refractivity contribution in [3.8, 4) is 0 Å². The van der Waals surface area contributed by atoms with Crippen molar-refractivity contribution in [2.45, 2.75) is 33.2 Å². The van der Waals surface area contributed by atoms with Crippen LogP contribution in [0.3, 0.4) is 0 Å². The highest BCUT2D eigenvalue weighted by Crippen LogP contribution is 2.31. The van der Waals surface area contributed by atoms with Gasteiger partial charge in [0.05, 0.1) is 18.8 Å². The molecule has 0 spiro atoms. The van der Waals surface area contributed by atoms with Gasteiger partial charge in [0.25, 0.3) is 0 Å². The van der Waals surface area contributed by atoms with Crippen LogP contribution in [-0.2, 0) is 11.3 Å². The number of nitrogens with one attached hydrogen (secondary N) is 2. The van der Waals surface area contributed by atoms with E-state index in [1.807, 2.05) is 19.1 Å². The van der Waals surface area contributed by atoms with Gasteiger partial charge in [0.2, 0.25) is 0 Å². The smallest absolute Gasteiger partial charge is 0.191 e. The topological polar surface area (TPSA) is 72.4 Å². The molecule has 1 unspecified atom stereocenters. The number of anilines is 1. The standard InChI is InChI=1S/C23H38FN5O2/c1-3-25-22(27-17-23(7-13-30)8-14-31-18-23)26-16-19-5-6-21(20(24)15-19)29-11-9-28(4-2)10-12-29/h5-6,15,30H,3-4,7-14,16-18H2,1-2H3,(H2,25,26,27). The fourth-order valence-electron chi connectivity index (χ4n) is 4.31. The summed E-state index contributed by atoms with van der Waals surface area (Å²) >= 11 is 0. The number of hydrogen-bond acceptors (Lipinski definition) is 5. The van der Waals surface area contributed by atoms with Crippen LogP contribution in [0, 0.1) is 11.2 Å². The molecule has 1 aromatic carbocycles. The summed E-state index contributed by atoms with van der Waals surface area (Å²) in [6.45, 7) is 12.3. The van der Waals surface area contributed by atoms with E-state index in [0.29, 0.717) is 37.8 Å². The van der Waals surface area contributed by atoms with Crippen LogP contribution in [0.4, 0.5) is 10.1 Å². The quantitative estimate of drug-likeness (QED) is 0.406. The first-order valence-electron chi connectivity index (χ1n) is 11.6. The number of rotatable bonds is 9. The summed E-state index contributed by atoms with van der Waals surface area (Å²) in [6.07, 6.45) is 1.64. The lowest BCUT2D eigenvalue weighted by molar-refractivity contribution is 0.127. The number of aliphatic hydroxyl groups excluding tert-OH is 1. The second kappa shape index (κ2) is 11.6. The molecule has 1 atom stereocenters. The average molecular weight is 436 g/mol. The summed E-state index contributed by atoms with van der Waals surface area (Å²) in [5, 5.41) is 16.0. The third-order valence-electron chi connectivity index (χ3n) is 6.39. The van der Waals surface area contributed by atoms with E-state index >= 15 is 0 Å². The van der Waals surface area contributed by atoms with E-state index in [2.05, 4.69) is 32.3 Å². The number of piperazine rings is 1. The summed E-state index contributed by atoms with van der Waals surface area (Å²) in [5.41, 5.74) is 1.47. The van der Waals surface area contributed by atoms with Crippen LogP contribution >= 0.6 is 0 Å². The van der Waals surface area contributed by atoms with E-state index in [9.17, 15) is 9.50 Å². The van der Waals surface area contributed by atoms with Gasteiger partial charge in [-0.15, -0.1) is 0 Å². The van der Waals surface area contributed by atoms with Crippen molar-refractivity contribution in [1.29, 1.82) is 0 Å². The van der Waals surface area contributed by atoms with E-state index < -0.39 is 0 Å². The van der Waals surface area contributed by atoms with Crippen LogP contribution in [0.2, 0.25) is 0 Å². The highest BCUT2D eigenvalue weighted by molar-refractivity contribution is 5.79. The molecule has 0 bridgehead atoms. The molecule has 1 aromatic rings. The van der Waals surface area contributed by atoms with Crippen molar-refractivity contribution >= 4 is 11.6 Å². The zero-order valence-electron chi connectivity index (χ0n) is 19.0. The lowest BCUT2D eigenvalue weighted by atomic mass is 9.84. The third-order valence-corrected chi connectivity index (χ3v) is 6.39. The molecule has 0 aromatic heterocycles. The van der Waals surface area contributed by atoms with Gasteiger partial charge >= 0.3 is 0 Å². The number of aliphatic hydroxyl groups is 1. The maximum Gasteiger partial charge on any atom is 0.191 e. The molecule has 0 saturated carbocycles. The lowest BCUT2D eigenvalue weighted by Gasteiger charge is -2.35. The molecule has 7 nitrogen and oxygen atoms in total. The van der Waals surface area contributed by atoms with Crippen LogP contribution in [-0.4, -0.2) is 81.6 Å². The Morgan fingerprint density at radius 3 is 2.65 bits per heavy atom. The van der Waals surface area contributed by atoms with Gasteiger partial charge in [0.1, 0.15) is 5.82 Å². The van der Waals surface area contributed by atoms with Gasteiger partial charge in [-0.25, -0.2) is 9.38 Å². The van der Waals surface area contributed by atoms with E-state index in [1.54, 1.807) is 6.07 Å². The Bertz CT molecular complexity index is 716. The number of hydrogen-bond donors (Lipinski definition) is 3. The Hall–Kier alpha value is -1.90. The zero-order chi connectivity index (χ0) is 22.1. The monoisotopic (exact) mass is 435 g/mol. The van der Waals surface area contributed by atoms with Crippen molar-refractivity contribution < 1.29 is 14.2 Å². The number of guanidine groups is 1. The van der Waals surface area contributed by atoms with Gasteiger partial charge in [-0.05, 0) is 44.0 Å². The Kier molecular flexibility index (Phi) is 8.92. The molecule has 0 amide bonds. The predicted octanol–water partition coefficient (Wildman–Crippen LogP) is 1.81. The lowest BCUT2D eigenvalue weighted by Crippen LogP contribution is -2.46. The van der Waals surface area contributed by atoms with E-state index in [0.717, 1.165) is 57.9 Å². The molecule has 2 saturated heterocycles. The Balaban J connectivity index is 1.59. The van der Waals surface area contributed by atoms with Crippen LogP contribution in [0.15, 0.2) is 23.2 Å². The second-order valence-corrected chi connectivity index (χ2v) is 8.53. The SMILES string of the molecule is CCNC(=NCc1ccc(N2CCN(CC)CC2)c(F)c1)NCC1(CCO)CCOC1. The maximum atomic E-state index is 14.8. The minimum Gasteiger partial charge on any atom is -0.396 e. The summed E-state index contributed by atoms with van der Waals surface area (Å²) in [5.74, 6) is 0.521. The van der Waals surface area contributed by atoms with Gasteiger partial charge in [0, 0.05) is 57.9 Å². The molecule has 174 valence electrons. The predicted molar refractivity (Wildman–Crippen MR) is 123 cm³/mol. The van der Waals surface area contributed by atoms with Crippen molar-refractivity contribution in [2.75, 3.05) is 70.5 Å². The van der Waals surface area contributed by atoms with E-state index in [1.165, 1.54) is 0 Å². The highest BCUT2D eigenvalue weighted by Gasteiger charge is 2.34. The third kappa shape index (κ3) is 6.54. The normalized spacial score (nSPS) is 22.7. The van der Waals surface area contributed by atoms with Gasteiger partial charge in [-0.1, -0.05) is 13.0 Å². The molecule has 2 aliphatic rings. The molecular formula is C23H38FN5O2. The first kappa shape index (κ1) is 23.8. The maximum absolute atomic E-state index is 14.8. The van der Waals surface area contributed by atoms with Gasteiger partial charge in [-0.2, -0.15) is 0 Å². The van der Waals surface area contributed by atoms with Gasteiger partial charge in [0.15, 0.2) is 5.96 Å². The van der Waals surface area contributed by atoms with E-state index in [-0.39, 0.29) is 17.8 Å². The van der Waals surface area contributed by atoms with Gasteiger partial charge < -0.3 is 30.3 Å². The fraction of sp³-hybridized carbons (Fsp3) is 0.696. The molecule has 31 heavy (non-hydrogen) atoms. The minimum absolute atomic E-state index is 0.0551.